The van der Waals surface area contributed by atoms with Gasteiger partial charge in [0.2, 0.25) is 0 Å². The van der Waals surface area contributed by atoms with Gasteiger partial charge >= 0.3 is 0 Å². The van der Waals surface area contributed by atoms with E-state index in [1.807, 2.05) is 6.92 Å². The Hall–Kier alpha value is -0.930. The molecule has 1 aliphatic carbocycles. The molecule has 1 aromatic carbocycles. The zero-order valence-corrected chi connectivity index (χ0v) is 13.2. The molecular weight excluding hydrogens is 291 g/mol. The number of hydrogen-bond donors (Lipinski definition) is 0. The number of hydrogen-bond acceptors (Lipinski definition) is 2. The Morgan fingerprint density at radius 1 is 1.29 bits per heavy atom. The van der Waals surface area contributed by atoms with Crippen molar-refractivity contribution in [1.82, 2.24) is 0 Å². The van der Waals surface area contributed by atoms with Crippen molar-refractivity contribution in [3.63, 3.8) is 0 Å². The molecule has 0 heterocycles. The minimum atomic E-state index is -0.707. The zero-order chi connectivity index (χ0) is 15.3. The Bertz CT molecular complexity index is 494. The molecule has 1 saturated carbocycles. The van der Waals surface area contributed by atoms with Crippen LogP contribution in [0.5, 0.6) is 0 Å². The van der Waals surface area contributed by atoms with E-state index in [0.717, 1.165) is 38.5 Å². The van der Waals surface area contributed by atoms with Crippen molar-refractivity contribution in [2.75, 3.05) is 6.61 Å². The first-order valence-electron chi connectivity index (χ1n) is 7.69. The summed E-state index contributed by atoms with van der Waals surface area (Å²) < 4.78 is 19.4. The maximum absolute atomic E-state index is 13.5. The summed E-state index contributed by atoms with van der Waals surface area (Å²) in [4.78, 5) is 12.8. The van der Waals surface area contributed by atoms with Crippen LogP contribution in [0.2, 0.25) is 5.02 Å². The molecule has 0 aliphatic heterocycles. The minimum absolute atomic E-state index is 0.0266. The average molecular weight is 313 g/mol. The third-order valence-corrected chi connectivity index (χ3v) is 4.65. The van der Waals surface area contributed by atoms with Gasteiger partial charge in [0, 0.05) is 13.0 Å². The molecule has 0 atom stereocenters. The van der Waals surface area contributed by atoms with Gasteiger partial charge in [-0.2, -0.15) is 0 Å². The normalized spacial score (nSPS) is 18.2. The monoisotopic (exact) mass is 312 g/mol. The molecule has 0 aromatic heterocycles. The Morgan fingerprint density at radius 2 is 1.95 bits per heavy atom. The molecule has 0 spiro atoms. The van der Waals surface area contributed by atoms with E-state index in [1.54, 1.807) is 12.1 Å². The molecule has 0 unspecified atom stereocenters. The number of ether oxygens (including phenoxy) is 1. The molecule has 4 heteroatoms. The van der Waals surface area contributed by atoms with Crippen molar-refractivity contribution in [2.45, 2.75) is 57.5 Å². The summed E-state index contributed by atoms with van der Waals surface area (Å²) in [7, 11) is 0. The van der Waals surface area contributed by atoms with E-state index in [0.29, 0.717) is 12.2 Å². The second kappa shape index (κ2) is 7.37. The van der Waals surface area contributed by atoms with Crippen molar-refractivity contribution < 1.29 is 13.9 Å². The summed E-state index contributed by atoms with van der Waals surface area (Å²) in [6.07, 6.45) is 5.94. The summed E-state index contributed by atoms with van der Waals surface area (Å²) in [5, 5.41) is 0.0473. The van der Waals surface area contributed by atoms with Crippen molar-refractivity contribution >= 4 is 17.4 Å². The van der Waals surface area contributed by atoms with Crippen LogP contribution >= 0.6 is 11.6 Å². The van der Waals surface area contributed by atoms with E-state index in [9.17, 15) is 9.18 Å². The molecule has 0 radical (unpaired) electrons. The highest BCUT2D eigenvalue weighted by Gasteiger charge is 2.38. The van der Waals surface area contributed by atoms with Crippen LogP contribution in [0.3, 0.4) is 0 Å². The second-order valence-corrected chi connectivity index (χ2v) is 6.03. The van der Waals surface area contributed by atoms with E-state index in [-0.39, 0.29) is 17.2 Å². The van der Waals surface area contributed by atoms with E-state index in [1.165, 1.54) is 6.07 Å². The highest BCUT2D eigenvalue weighted by Crippen LogP contribution is 2.33. The van der Waals surface area contributed by atoms with Crippen LogP contribution in [0.1, 0.15) is 51.0 Å². The van der Waals surface area contributed by atoms with Crippen molar-refractivity contribution in [1.29, 1.82) is 0 Å². The number of ketones is 1. The van der Waals surface area contributed by atoms with E-state index in [2.05, 4.69) is 0 Å². The van der Waals surface area contributed by atoms with Crippen molar-refractivity contribution in [2.24, 2.45) is 0 Å². The van der Waals surface area contributed by atoms with E-state index in [4.69, 9.17) is 16.3 Å². The van der Waals surface area contributed by atoms with Crippen LogP contribution < -0.4 is 0 Å². The SMILES string of the molecule is CCOC1(C(=O)Cc2cccc(F)c2Cl)CCCCCC1. The Balaban J connectivity index is 2.20. The third-order valence-electron chi connectivity index (χ3n) is 4.22. The quantitative estimate of drug-likeness (QED) is 0.735. The van der Waals surface area contributed by atoms with Crippen LogP contribution in [-0.4, -0.2) is 18.0 Å². The Morgan fingerprint density at radius 3 is 2.57 bits per heavy atom. The molecule has 0 amide bonds. The summed E-state index contributed by atoms with van der Waals surface area (Å²) in [6, 6.07) is 4.60. The Labute approximate surface area is 130 Å². The minimum Gasteiger partial charge on any atom is -0.367 e. The second-order valence-electron chi connectivity index (χ2n) is 5.65. The predicted octanol–water partition coefficient (Wildman–Crippen LogP) is 4.72. The number of Topliss-reactive ketones (excluding diaryl/α,β-unsaturated/α-hetero) is 1. The van der Waals surface area contributed by atoms with Crippen LogP contribution in [-0.2, 0) is 16.0 Å². The lowest BCUT2D eigenvalue weighted by Crippen LogP contribution is -2.42. The third kappa shape index (κ3) is 3.83. The lowest BCUT2D eigenvalue weighted by Gasteiger charge is -2.31. The predicted molar refractivity (Wildman–Crippen MR) is 82.2 cm³/mol. The molecule has 1 aliphatic rings. The van der Waals surface area contributed by atoms with Gasteiger partial charge in [0.05, 0.1) is 5.02 Å². The molecule has 1 aromatic rings. The average Bonchev–Trinajstić information content (AvgIpc) is 2.71. The van der Waals surface area contributed by atoms with Gasteiger partial charge in [0.1, 0.15) is 11.4 Å². The van der Waals surface area contributed by atoms with Crippen molar-refractivity contribution in [3.05, 3.63) is 34.6 Å². The van der Waals surface area contributed by atoms with Gasteiger partial charge in [0.25, 0.3) is 0 Å². The fraction of sp³-hybridized carbons (Fsp3) is 0.588. The molecule has 2 rings (SSSR count). The topological polar surface area (TPSA) is 26.3 Å². The summed E-state index contributed by atoms with van der Waals surface area (Å²) in [6.45, 7) is 2.43. The van der Waals surface area contributed by atoms with E-state index < -0.39 is 11.4 Å². The fourth-order valence-electron chi connectivity index (χ4n) is 3.10. The number of rotatable bonds is 5. The van der Waals surface area contributed by atoms with Crippen molar-refractivity contribution in [3.8, 4) is 0 Å². The molecule has 2 nitrogen and oxygen atoms in total. The molecule has 21 heavy (non-hydrogen) atoms. The van der Waals surface area contributed by atoms with Gasteiger partial charge in [-0.05, 0) is 31.4 Å². The fourth-order valence-corrected chi connectivity index (χ4v) is 3.29. The number of halogens is 2. The lowest BCUT2D eigenvalue weighted by molar-refractivity contribution is -0.145. The van der Waals surface area contributed by atoms with Crippen LogP contribution in [0.4, 0.5) is 4.39 Å². The smallest absolute Gasteiger partial charge is 0.169 e. The van der Waals surface area contributed by atoms with Gasteiger partial charge < -0.3 is 4.74 Å². The standard InChI is InChI=1S/C17H22ClFO2/c1-2-21-17(10-5-3-4-6-11-17)15(20)12-13-8-7-9-14(19)16(13)18/h7-9H,2-6,10-12H2,1H3. The summed E-state index contributed by atoms with van der Waals surface area (Å²) >= 11 is 5.96. The van der Waals surface area contributed by atoms with Gasteiger partial charge in [-0.1, -0.05) is 49.4 Å². The molecule has 116 valence electrons. The maximum atomic E-state index is 13.5. The van der Waals surface area contributed by atoms with E-state index >= 15 is 0 Å². The molecular formula is C17H22ClFO2. The molecule has 0 bridgehead atoms. The first kappa shape index (κ1) is 16.4. The number of carbonyl (C=O) groups excluding carboxylic acids is 1. The van der Waals surface area contributed by atoms with Gasteiger partial charge in [-0.15, -0.1) is 0 Å². The summed E-state index contributed by atoms with van der Waals surface area (Å²) in [5.41, 5.74) is -0.161. The highest BCUT2D eigenvalue weighted by atomic mass is 35.5. The van der Waals surface area contributed by atoms with Gasteiger partial charge in [0.15, 0.2) is 5.78 Å². The maximum Gasteiger partial charge on any atom is 0.169 e. The molecule has 0 N–H and O–H groups in total. The first-order chi connectivity index (χ1) is 10.1. The number of benzene rings is 1. The van der Waals surface area contributed by atoms with Gasteiger partial charge in [-0.25, -0.2) is 4.39 Å². The van der Waals surface area contributed by atoms with Crippen LogP contribution in [0.15, 0.2) is 18.2 Å². The highest BCUT2D eigenvalue weighted by molar-refractivity contribution is 6.31. The van der Waals surface area contributed by atoms with Gasteiger partial charge in [-0.3, -0.25) is 4.79 Å². The largest absolute Gasteiger partial charge is 0.367 e. The molecule has 0 saturated heterocycles. The first-order valence-corrected chi connectivity index (χ1v) is 8.07. The Kier molecular flexibility index (Phi) is 5.77. The summed E-state index contributed by atoms with van der Waals surface area (Å²) in [5.74, 6) is -0.452. The lowest BCUT2D eigenvalue weighted by atomic mass is 9.86. The number of carbonyl (C=O) groups is 1. The zero-order valence-electron chi connectivity index (χ0n) is 12.5. The molecule has 1 fully saturated rings. The van der Waals surface area contributed by atoms with Crippen LogP contribution in [0, 0.1) is 5.82 Å². The van der Waals surface area contributed by atoms with Crippen LogP contribution in [0.25, 0.3) is 0 Å².